The molecular formula is C15H21N3O5. The van der Waals surface area contributed by atoms with Gasteiger partial charge in [0, 0.05) is 13.5 Å². The minimum Gasteiger partial charge on any atom is -0.445 e. The molecule has 0 saturated carbocycles. The summed E-state index contributed by atoms with van der Waals surface area (Å²) in [6, 6.07) is 8.59. The van der Waals surface area contributed by atoms with Crippen LogP contribution >= 0.6 is 0 Å². The average molecular weight is 323 g/mol. The highest BCUT2D eigenvalue weighted by molar-refractivity contribution is 5.85. The molecule has 126 valence electrons. The van der Waals surface area contributed by atoms with E-state index < -0.39 is 18.0 Å². The molecule has 1 fully saturated rings. The molecule has 0 unspecified atom stereocenters. The van der Waals surface area contributed by atoms with Crippen molar-refractivity contribution >= 4 is 12.0 Å². The first-order chi connectivity index (χ1) is 11.2. The van der Waals surface area contributed by atoms with E-state index in [1.54, 1.807) is 0 Å². The number of carbonyl (C=O) groups is 2. The SMILES string of the molecule is COCO[C@@H]1C[C@@H](C(=O)NN)N(C(=O)OCc2ccccc2)C1. The van der Waals surface area contributed by atoms with Gasteiger partial charge in [-0.2, -0.15) is 0 Å². The fraction of sp³-hybridized carbons (Fsp3) is 0.467. The Labute approximate surface area is 134 Å². The summed E-state index contributed by atoms with van der Waals surface area (Å²) in [6.45, 7) is 0.473. The molecular weight excluding hydrogens is 302 g/mol. The van der Waals surface area contributed by atoms with Crippen molar-refractivity contribution in [3.63, 3.8) is 0 Å². The molecule has 1 aromatic carbocycles. The van der Waals surface area contributed by atoms with Crippen LogP contribution in [0.2, 0.25) is 0 Å². The molecule has 1 heterocycles. The van der Waals surface area contributed by atoms with E-state index in [-0.39, 0.29) is 26.0 Å². The normalized spacial score (nSPS) is 20.3. The van der Waals surface area contributed by atoms with Gasteiger partial charge in [0.15, 0.2) is 0 Å². The molecule has 1 aromatic rings. The summed E-state index contributed by atoms with van der Waals surface area (Å²) in [5.41, 5.74) is 2.93. The first-order valence-electron chi connectivity index (χ1n) is 7.24. The highest BCUT2D eigenvalue weighted by atomic mass is 16.7. The topological polar surface area (TPSA) is 103 Å². The predicted octanol–water partition coefficient (Wildman–Crippen LogP) is 0.377. The molecule has 2 amide bonds. The minimum atomic E-state index is -0.717. The molecule has 23 heavy (non-hydrogen) atoms. The third-order valence-electron chi connectivity index (χ3n) is 3.57. The Kier molecular flexibility index (Phi) is 6.33. The Hall–Kier alpha value is -2.16. The largest absolute Gasteiger partial charge is 0.445 e. The molecule has 8 heteroatoms. The lowest BCUT2D eigenvalue weighted by Crippen LogP contribution is -2.48. The Morgan fingerprint density at radius 1 is 1.35 bits per heavy atom. The van der Waals surface area contributed by atoms with Crippen LogP contribution < -0.4 is 11.3 Å². The second-order valence-electron chi connectivity index (χ2n) is 5.15. The molecule has 3 N–H and O–H groups in total. The summed E-state index contributed by atoms with van der Waals surface area (Å²) in [7, 11) is 1.50. The Morgan fingerprint density at radius 2 is 2.09 bits per heavy atom. The zero-order chi connectivity index (χ0) is 16.7. The van der Waals surface area contributed by atoms with Crippen molar-refractivity contribution in [2.75, 3.05) is 20.4 Å². The lowest BCUT2D eigenvalue weighted by Gasteiger charge is -2.22. The number of nitrogens with two attached hydrogens (primary N) is 1. The van der Waals surface area contributed by atoms with Gasteiger partial charge in [0.25, 0.3) is 5.91 Å². The molecule has 8 nitrogen and oxygen atoms in total. The van der Waals surface area contributed by atoms with Crippen molar-refractivity contribution in [2.24, 2.45) is 5.84 Å². The van der Waals surface area contributed by atoms with Crippen molar-refractivity contribution in [3.8, 4) is 0 Å². The van der Waals surface area contributed by atoms with Gasteiger partial charge in [-0.3, -0.25) is 15.1 Å². The number of methoxy groups -OCH3 is 1. The maximum atomic E-state index is 12.3. The number of nitrogens with one attached hydrogen (secondary N) is 1. The number of carbonyl (C=O) groups excluding carboxylic acids is 2. The molecule has 1 saturated heterocycles. The van der Waals surface area contributed by atoms with Crippen molar-refractivity contribution in [2.45, 2.75) is 25.2 Å². The van der Waals surface area contributed by atoms with Crippen molar-refractivity contribution < 1.29 is 23.8 Å². The third kappa shape index (κ3) is 4.65. The summed E-state index contributed by atoms with van der Waals surface area (Å²) in [5, 5.41) is 0. The van der Waals surface area contributed by atoms with E-state index in [0.29, 0.717) is 6.42 Å². The second-order valence-corrected chi connectivity index (χ2v) is 5.15. The summed E-state index contributed by atoms with van der Waals surface area (Å²) >= 11 is 0. The highest BCUT2D eigenvalue weighted by Crippen LogP contribution is 2.22. The van der Waals surface area contributed by atoms with E-state index in [2.05, 4.69) is 5.43 Å². The Balaban J connectivity index is 1.96. The van der Waals surface area contributed by atoms with E-state index in [4.69, 9.17) is 20.1 Å². The van der Waals surface area contributed by atoms with Crippen LogP contribution in [-0.4, -0.2) is 49.5 Å². The number of hydrogen-bond acceptors (Lipinski definition) is 6. The molecule has 0 aliphatic carbocycles. The number of ether oxygens (including phenoxy) is 3. The van der Waals surface area contributed by atoms with Gasteiger partial charge in [0.05, 0.1) is 12.6 Å². The molecule has 0 aromatic heterocycles. The lowest BCUT2D eigenvalue weighted by atomic mass is 10.2. The average Bonchev–Trinajstić information content (AvgIpc) is 3.02. The zero-order valence-electron chi connectivity index (χ0n) is 12.9. The monoisotopic (exact) mass is 323 g/mol. The Morgan fingerprint density at radius 3 is 2.74 bits per heavy atom. The van der Waals surface area contributed by atoms with E-state index in [9.17, 15) is 9.59 Å². The van der Waals surface area contributed by atoms with Crippen LogP contribution in [0.5, 0.6) is 0 Å². The molecule has 2 rings (SSSR count). The fourth-order valence-corrected chi connectivity index (χ4v) is 2.43. The smallest absolute Gasteiger partial charge is 0.410 e. The minimum absolute atomic E-state index is 0.0918. The quantitative estimate of drug-likeness (QED) is 0.339. The van der Waals surface area contributed by atoms with E-state index in [1.807, 2.05) is 30.3 Å². The molecule has 0 spiro atoms. The Bertz CT molecular complexity index is 525. The number of likely N-dealkylation sites (tertiary alicyclic amines) is 1. The van der Waals surface area contributed by atoms with E-state index in [0.717, 1.165) is 5.56 Å². The third-order valence-corrected chi connectivity index (χ3v) is 3.57. The van der Waals surface area contributed by atoms with Crippen molar-refractivity contribution in [3.05, 3.63) is 35.9 Å². The molecule has 1 aliphatic rings. The van der Waals surface area contributed by atoms with Crippen molar-refractivity contribution in [1.82, 2.24) is 10.3 Å². The standard InChI is InChI=1S/C15H21N3O5/c1-21-10-23-12-7-13(14(19)17-16)18(8-12)15(20)22-9-11-5-3-2-4-6-11/h2-6,12-13H,7-10,16H2,1H3,(H,17,19)/t12-,13+/m1/s1. The summed E-state index contributed by atoms with van der Waals surface area (Å²) in [6.07, 6.45) is -0.542. The predicted molar refractivity (Wildman–Crippen MR) is 80.8 cm³/mol. The number of rotatable bonds is 6. The van der Waals surface area contributed by atoms with Crippen LogP contribution in [0.3, 0.4) is 0 Å². The van der Waals surface area contributed by atoms with Gasteiger partial charge in [-0.25, -0.2) is 10.6 Å². The van der Waals surface area contributed by atoms with Gasteiger partial charge in [-0.15, -0.1) is 0 Å². The van der Waals surface area contributed by atoms with Gasteiger partial charge >= 0.3 is 6.09 Å². The number of hydrazine groups is 1. The number of hydrogen-bond donors (Lipinski definition) is 2. The summed E-state index contributed by atoms with van der Waals surface area (Å²) in [4.78, 5) is 25.4. The van der Waals surface area contributed by atoms with Gasteiger partial charge in [-0.05, 0) is 5.56 Å². The van der Waals surface area contributed by atoms with Crippen LogP contribution in [0, 0.1) is 0 Å². The molecule has 1 aliphatic heterocycles. The second kappa shape index (κ2) is 8.47. The zero-order valence-corrected chi connectivity index (χ0v) is 12.9. The first-order valence-corrected chi connectivity index (χ1v) is 7.24. The summed E-state index contributed by atoms with van der Waals surface area (Å²) in [5.74, 6) is 4.73. The maximum absolute atomic E-state index is 12.3. The van der Waals surface area contributed by atoms with Crippen LogP contribution in [0.4, 0.5) is 4.79 Å². The highest BCUT2D eigenvalue weighted by Gasteiger charge is 2.40. The van der Waals surface area contributed by atoms with E-state index in [1.165, 1.54) is 12.0 Å². The lowest BCUT2D eigenvalue weighted by molar-refractivity contribution is -0.125. The van der Waals surface area contributed by atoms with Crippen LogP contribution in [-0.2, 0) is 25.6 Å². The maximum Gasteiger partial charge on any atom is 0.410 e. The van der Waals surface area contributed by atoms with Crippen LogP contribution in [0.25, 0.3) is 0 Å². The van der Waals surface area contributed by atoms with E-state index >= 15 is 0 Å². The first kappa shape index (κ1) is 17.2. The van der Waals surface area contributed by atoms with Gasteiger partial charge in [0.1, 0.15) is 19.4 Å². The molecule has 2 atom stereocenters. The van der Waals surface area contributed by atoms with Crippen LogP contribution in [0.1, 0.15) is 12.0 Å². The molecule has 0 radical (unpaired) electrons. The number of benzene rings is 1. The summed E-state index contributed by atoms with van der Waals surface area (Å²) < 4.78 is 15.5. The van der Waals surface area contributed by atoms with Crippen LogP contribution in [0.15, 0.2) is 30.3 Å². The van der Waals surface area contributed by atoms with Crippen molar-refractivity contribution in [1.29, 1.82) is 0 Å². The fourth-order valence-electron chi connectivity index (χ4n) is 2.43. The number of amides is 2. The number of nitrogens with zero attached hydrogens (tertiary/aromatic N) is 1. The molecule has 0 bridgehead atoms. The van der Waals surface area contributed by atoms with Gasteiger partial charge in [-0.1, -0.05) is 30.3 Å². The van der Waals surface area contributed by atoms with Gasteiger partial charge < -0.3 is 14.2 Å². The van der Waals surface area contributed by atoms with Gasteiger partial charge in [0.2, 0.25) is 0 Å².